The highest BCUT2D eigenvalue weighted by Gasteiger charge is 2.16. The molecule has 2 aromatic rings. The number of hydrogen-bond donors (Lipinski definition) is 1. The second-order valence-electron chi connectivity index (χ2n) is 4.09. The van der Waals surface area contributed by atoms with Gasteiger partial charge in [-0.15, -0.1) is 0 Å². The number of carbonyl (C=O) groups excluding carboxylic acids is 1. The number of rotatable bonds is 2. The Kier molecular flexibility index (Phi) is 3.49. The maximum atomic E-state index is 12.0. The molecule has 0 aliphatic rings. The second-order valence-corrected chi connectivity index (χ2v) is 4.09. The van der Waals surface area contributed by atoms with Gasteiger partial charge in [-0.3, -0.25) is 4.79 Å². The normalized spacial score (nSPS) is 9.60. The monoisotopic (exact) mass is 266 g/mol. The summed E-state index contributed by atoms with van der Waals surface area (Å²) in [6.07, 6.45) is 0. The molecule has 1 N–H and O–H groups in total. The molecule has 0 saturated carbocycles. The molecule has 20 heavy (non-hydrogen) atoms. The van der Waals surface area contributed by atoms with Crippen molar-refractivity contribution in [3.63, 3.8) is 0 Å². The zero-order valence-corrected chi connectivity index (χ0v) is 10.9. The number of aromatic nitrogens is 1. The average molecular weight is 266 g/mol. The summed E-state index contributed by atoms with van der Waals surface area (Å²) in [5.41, 5.74) is 1.38. The van der Waals surface area contributed by atoms with Crippen LogP contribution in [0.3, 0.4) is 0 Å². The van der Waals surface area contributed by atoms with Crippen LogP contribution in [0.25, 0.3) is 0 Å². The lowest BCUT2D eigenvalue weighted by atomic mass is 10.1. The first-order chi connectivity index (χ1) is 9.55. The minimum absolute atomic E-state index is 0.130. The third-order valence-electron chi connectivity index (χ3n) is 2.63. The Balaban J connectivity index is 2.27. The van der Waals surface area contributed by atoms with E-state index in [1.165, 1.54) is 12.1 Å². The molecular weight excluding hydrogens is 256 g/mol. The van der Waals surface area contributed by atoms with Crippen molar-refractivity contribution >= 4 is 11.6 Å². The number of anilines is 1. The number of nitrogens with zero attached hydrogens (tertiary/aromatic N) is 3. The maximum Gasteiger partial charge on any atom is 0.293 e. The number of hydrogen-bond acceptors (Lipinski definition) is 5. The summed E-state index contributed by atoms with van der Waals surface area (Å²) < 4.78 is 5.21. The van der Waals surface area contributed by atoms with Crippen molar-refractivity contribution in [3.05, 3.63) is 46.7 Å². The van der Waals surface area contributed by atoms with E-state index in [1.54, 1.807) is 19.9 Å². The minimum Gasteiger partial charge on any atom is -0.436 e. The number of aryl methyl sites for hydroxylation is 2. The summed E-state index contributed by atoms with van der Waals surface area (Å²) in [5.74, 6) is 0.0901. The van der Waals surface area contributed by atoms with Crippen LogP contribution in [0.4, 0.5) is 5.69 Å². The average Bonchev–Trinajstić information content (AvgIpc) is 2.77. The Morgan fingerprint density at radius 2 is 1.95 bits per heavy atom. The fourth-order valence-corrected chi connectivity index (χ4v) is 1.74. The van der Waals surface area contributed by atoms with Crippen molar-refractivity contribution < 1.29 is 9.21 Å². The van der Waals surface area contributed by atoms with E-state index in [4.69, 9.17) is 14.9 Å². The predicted octanol–water partition coefficient (Wildman–Crippen LogP) is 2.29. The Hall–Kier alpha value is -3.12. The van der Waals surface area contributed by atoms with E-state index in [1.807, 2.05) is 12.1 Å². The van der Waals surface area contributed by atoms with Crippen LogP contribution in [0.1, 0.15) is 33.3 Å². The molecular formula is C14H10N4O2. The van der Waals surface area contributed by atoms with E-state index in [2.05, 4.69) is 10.3 Å². The summed E-state index contributed by atoms with van der Waals surface area (Å²) in [6, 6.07) is 8.28. The van der Waals surface area contributed by atoms with Crippen LogP contribution in [0.5, 0.6) is 0 Å². The van der Waals surface area contributed by atoms with Gasteiger partial charge in [0, 0.05) is 12.6 Å². The number of amides is 1. The van der Waals surface area contributed by atoms with E-state index >= 15 is 0 Å². The molecule has 0 unspecified atom stereocenters. The van der Waals surface area contributed by atoms with E-state index in [0.29, 0.717) is 17.3 Å². The molecule has 2 rings (SSSR count). The molecule has 0 spiro atoms. The number of nitrogens with one attached hydrogen (secondary N) is 1. The molecule has 0 bridgehead atoms. The van der Waals surface area contributed by atoms with Gasteiger partial charge < -0.3 is 9.73 Å². The maximum absolute atomic E-state index is 12.0. The van der Waals surface area contributed by atoms with E-state index < -0.39 is 5.91 Å². The second kappa shape index (κ2) is 5.25. The SMILES string of the molecule is Cc1nc(C)c(C(=O)Nc2ccc(C#N)c(C#N)c2)o1. The number of nitriles is 2. The minimum atomic E-state index is -0.448. The molecule has 1 aromatic heterocycles. The number of oxazole rings is 1. The molecule has 1 heterocycles. The van der Waals surface area contributed by atoms with Gasteiger partial charge in [0.25, 0.3) is 5.91 Å². The predicted molar refractivity (Wildman–Crippen MR) is 69.8 cm³/mol. The van der Waals surface area contributed by atoms with Gasteiger partial charge in [-0.1, -0.05) is 0 Å². The molecule has 0 aliphatic carbocycles. The van der Waals surface area contributed by atoms with Gasteiger partial charge in [0.2, 0.25) is 5.76 Å². The fraction of sp³-hybridized carbons (Fsp3) is 0.143. The molecule has 0 atom stereocenters. The zero-order chi connectivity index (χ0) is 14.7. The van der Waals surface area contributed by atoms with Gasteiger partial charge >= 0.3 is 0 Å². The molecule has 0 aliphatic heterocycles. The van der Waals surface area contributed by atoms with Gasteiger partial charge in [0.05, 0.1) is 16.8 Å². The number of carbonyl (C=O) groups is 1. The third-order valence-corrected chi connectivity index (χ3v) is 2.63. The molecule has 6 heteroatoms. The van der Waals surface area contributed by atoms with Crippen molar-refractivity contribution in [3.8, 4) is 12.1 Å². The topological polar surface area (TPSA) is 103 Å². The lowest BCUT2D eigenvalue weighted by Crippen LogP contribution is -2.12. The summed E-state index contributed by atoms with van der Waals surface area (Å²) >= 11 is 0. The van der Waals surface area contributed by atoms with Crippen LogP contribution in [0.2, 0.25) is 0 Å². The highest BCUT2D eigenvalue weighted by molar-refractivity contribution is 6.03. The van der Waals surface area contributed by atoms with Gasteiger partial charge in [-0.25, -0.2) is 4.98 Å². The zero-order valence-electron chi connectivity index (χ0n) is 10.9. The quantitative estimate of drug-likeness (QED) is 0.898. The number of benzene rings is 1. The van der Waals surface area contributed by atoms with Crippen LogP contribution < -0.4 is 5.32 Å². The van der Waals surface area contributed by atoms with Crippen LogP contribution in [-0.4, -0.2) is 10.9 Å². The fourth-order valence-electron chi connectivity index (χ4n) is 1.74. The van der Waals surface area contributed by atoms with Crippen LogP contribution in [0.15, 0.2) is 22.6 Å². The highest BCUT2D eigenvalue weighted by Crippen LogP contribution is 2.17. The standard InChI is InChI=1S/C14H10N4O2/c1-8-13(20-9(2)17-8)14(19)18-12-4-3-10(6-15)11(5-12)7-16/h3-5H,1-2H3,(H,18,19). The third kappa shape index (κ3) is 2.50. The lowest BCUT2D eigenvalue weighted by Gasteiger charge is -2.04. The Morgan fingerprint density at radius 3 is 2.50 bits per heavy atom. The van der Waals surface area contributed by atoms with Crippen LogP contribution in [-0.2, 0) is 0 Å². The first-order valence-corrected chi connectivity index (χ1v) is 5.74. The Morgan fingerprint density at radius 1 is 1.25 bits per heavy atom. The molecule has 0 fully saturated rings. The van der Waals surface area contributed by atoms with Crippen LogP contribution in [0, 0.1) is 36.5 Å². The molecule has 1 aromatic carbocycles. The van der Waals surface area contributed by atoms with Crippen molar-refractivity contribution in [2.24, 2.45) is 0 Å². The van der Waals surface area contributed by atoms with Gasteiger partial charge in [0.1, 0.15) is 12.1 Å². The first kappa shape index (κ1) is 13.3. The largest absolute Gasteiger partial charge is 0.436 e. The van der Waals surface area contributed by atoms with E-state index in [-0.39, 0.29) is 16.9 Å². The Bertz CT molecular complexity index is 762. The highest BCUT2D eigenvalue weighted by atomic mass is 16.4. The summed E-state index contributed by atoms with van der Waals surface area (Å²) in [4.78, 5) is 16.0. The van der Waals surface area contributed by atoms with Crippen molar-refractivity contribution in [2.45, 2.75) is 13.8 Å². The molecule has 0 radical (unpaired) electrons. The van der Waals surface area contributed by atoms with Gasteiger partial charge in [-0.2, -0.15) is 10.5 Å². The van der Waals surface area contributed by atoms with Crippen LogP contribution >= 0.6 is 0 Å². The first-order valence-electron chi connectivity index (χ1n) is 5.74. The van der Waals surface area contributed by atoms with E-state index in [0.717, 1.165) is 0 Å². The summed E-state index contributed by atoms with van der Waals surface area (Å²) in [6.45, 7) is 3.32. The van der Waals surface area contributed by atoms with Gasteiger partial charge in [0.15, 0.2) is 5.89 Å². The van der Waals surface area contributed by atoms with Crippen molar-refractivity contribution in [1.82, 2.24) is 4.98 Å². The molecule has 98 valence electrons. The lowest BCUT2D eigenvalue weighted by molar-refractivity contribution is 0.0994. The summed E-state index contributed by atoms with van der Waals surface area (Å²) in [5, 5.41) is 20.4. The summed E-state index contributed by atoms with van der Waals surface area (Å²) in [7, 11) is 0. The molecule has 6 nitrogen and oxygen atoms in total. The smallest absolute Gasteiger partial charge is 0.293 e. The van der Waals surface area contributed by atoms with Crippen molar-refractivity contribution in [1.29, 1.82) is 10.5 Å². The Labute approximate surface area is 115 Å². The van der Waals surface area contributed by atoms with E-state index in [9.17, 15) is 4.79 Å². The molecule has 0 saturated heterocycles. The van der Waals surface area contributed by atoms with Crippen molar-refractivity contribution in [2.75, 3.05) is 5.32 Å². The molecule has 1 amide bonds. The van der Waals surface area contributed by atoms with Gasteiger partial charge in [-0.05, 0) is 25.1 Å².